The fraction of sp³-hybridized carbons (Fsp3) is 0.792. The zero-order valence-electron chi connectivity index (χ0n) is 20.4. The van der Waals surface area contributed by atoms with Gasteiger partial charge in [0.25, 0.3) is 0 Å². The monoisotopic (exact) mass is 557 g/mol. The minimum Gasteiger partial charge on any atom is -0.466 e. The molecular weight excluding hydrogens is 522 g/mol. The number of halogens is 1. The van der Waals surface area contributed by atoms with E-state index >= 15 is 0 Å². The van der Waals surface area contributed by atoms with Crippen molar-refractivity contribution in [2.45, 2.75) is 48.9 Å². The molecule has 7 atom stereocenters. The third-order valence-electron chi connectivity index (χ3n) is 7.71. The fourth-order valence-corrected chi connectivity index (χ4v) is 7.07. The van der Waals surface area contributed by atoms with Gasteiger partial charge in [0.05, 0.1) is 50.4 Å². The number of rotatable bonds is 10. The summed E-state index contributed by atoms with van der Waals surface area (Å²) in [4.78, 5) is 46.1. The van der Waals surface area contributed by atoms with Crippen molar-refractivity contribution >= 4 is 33.7 Å². The summed E-state index contributed by atoms with van der Waals surface area (Å²) in [5.41, 5.74) is -1.16. The van der Waals surface area contributed by atoms with Gasteiger partial charge >= 0.3 is 5.97 Å². The summed E-state index contributed by atoms with van der Waals surface area (Å²) in [5, 5.41) is 9.97. The van der Waals surface area contributed by atoms with Crippen LogP contribution >= 0.6 is 15.9 Å². The van der Waals surface area contributed by atoms with E-state index in [1.165, 1.54) is 4.90 Å². The Morgan fingerprint density at radius 2 is 2.11 bits per heavy atom. The second kappa shape index (κ2) is 10.8. The van der Waals surface area contributed by atoms with E-state index in [1.54, 1.807) is 24.8 Å². The first kappa shape index (κ1) is 26.5. The van der Waals surface area contributed by atoms with Crippen LogP contribution in [0, 0.1) is 11.8 Å². The maximum absolute atomic E-state index is 14.2. The van der Waals surface area contributed by atoms with Gasteiger partial charge in [0.2, 0.25) is 11.8 Å². The lowest BCUT2D eigenvalue weighted by Gasteiger charge is -2.39. The number of hydrogen-bond donors (Lipinski definition) is 1. The van der Waals surface area contributed by atoms with E-state index in [9.17, 15) is 19.5 Å². The van der Waals surface area contributed by atoms with Gasteiger partial charge in [-0.25, -0.2) is 0 Å². The number of aliphatic hydroxyl groups excluding tert-OH is 1. The third-order valence-corrected chi connectivity index (χ3v) is 8.55. The van der Waals surface area contributed by atoms with Gasteiger partial charge in [0, 0.05) is 37.6 Å². The van der Waals surface area contributed by atoms with Crippen LogP contribution in [-0.4, -0.2) is 125 Å². The van der Waals surface area contributed by atoms with Crippen molar-refractivity contribution in [3.63, 3.8) is 0 Å². The first-order valence-electron chi connectivity index (χ1n) is 12.4. The van der Waals surface area contributed by atoms with Crippen molar-refractivity contribution in [3.05, 3.63) is 12.7 Å². The van der Waals surface area contributed by atoms with Crippen molar-refractivity contribution < 1.29 is 33.7 Å². The van der Waals surface area contributed by atoms with Gasteiger partial charge < -0.3 is 29.1 Å². The number of morpholine rings is 1. The molecule has 4 aliphatic rings. The van der Waals surface area contributed by atoms with Crippen LogP contribution in [0.25, 0.3) is 0 Å². The number of esters is 1. The molecule has 0 saturated carbocycles. The number of ether oxygens (including phenoxy) is 3. The van der Waals surface area contributed by atoms with Crippen LogP contribution in [-0.2, 0) is 28.6 Å². The maximum Gasteiger partial charge on any atom is 0.312 e. The summed E-state index contributed by atoms with van der Waals surface area (Å²) >= 11 is 3.64. The Bertz CT molecular complexity index is 838. The molecule has 4 saturated heterocycles. The number of aliphatic hydroxyl groups is 1. The lowest BCUT2D eigenvalue weighted by Crippen LogP contribution is -2.59. The molecular formula is C24H36BrN3O7. The third kappa shape index (κ3) is 4.54. The normalized spacial score (nSPS) is 35.1. The van der Waals surface area contributed by atoms with Gasteiger partial charge in [0.1, 0.15) is 11.6 Å². The number of carbonyl (C=O) groups is 3. The molecule has 1 spiro atoms. The molecule has 4 heterocycles. The molecule has 35 heavy (non-hydrogen) atoms. The predicted molar refractivity (Wildman–Crippen MR) is 130 cm³/mol. The predicted octanol–water partition coefficient (Wildman–Crippen LogP) is 0.0251. The van der Waals surface area contributed by atoms with Crippen molar-refractivity contribution in [2.24, 2.45) is 11.8 Å². The highest BCUT2D eigenvalue weighted by molar-refractivity contribution is 9.09. The average molecular weight is 558 g/mol. The van der Waals surface area contributed by atoms with Crippen molar-refractivity contribution in [2.75, 3.05) is 59.2 Å². The van der Waals surface area contributed by atoms with Crippen molar-refractivity contribution in [1.29, 1.82) is 0 Å². The Labute approximate surface area is 214 Å². The van der Waals surface area contributed by atoms with E-state index in [1.807, 2.05) is 0 Å². The molecule has 0 radical (unpaired) electrons. The molecule has 11 heteroatoms. The first-order valence-corrected chi connectivity index (χ1v) is 13.3. The topological polar surface area (TPSA) is 109 Å². The lowest BCUT2D eigenvalue weighted by molar-refractivity contribution is -0.156. The molecule has 4 aliphatic heterocycles. The van der Waals surface area contributed by atoms with E-state index in [2.05, 4.69) is 27.4 Å². The summed E-state index contributed by atoms with van der Waals surface area (Å²) in [5.74, 6) is -2.70. The number of amides is 2. The Morgan fingerprint density at radius 1 is 1.40 bits per heavy atom. The number of fused-ring (bicyclic) bond motifs is 1. The van der Waals surface area contributed by atoms with Gasteiger partial charge in [-0.05, 0) is 20.3 Å². The molecule has 2 amide bonds. The fourth-order valence-electron chi connectivity index (χ4n) is 6.12. The van der Waals surface area contributed by atoms with Gasteiger partial charge in [-0.15, -0.1) is 6.58 Å². The SMILES string of the molecule is C=CCN(CCN1CCOCC1)C(=O)C1N([C@H](C)CO)C(=O)[C@@H]2[C@@H](C(=O)OCC)[C@@H]3OC12CC3Br. The molecule has 0 aliphatic carbocycles. The van der Waals surface area contributed by atoms with Crippen molar-refractivity contribution in [1.82, 2.24) is 14.7 Å². The van der Waals surface area contributed by atoms with Crippen LogP contribution in [0.4, 0.5) is 0 Å². The number of hydrogen-bond acceptors (Lipinski definition) is 8. The van der Waals surface area contributed by atoms with E-state index < -0.39 is 41.6 Å². The smallest absolute Gasteiger partial charge is 0.312 e. The largest absolute Gasteiger partial charge is 0.466 e. The van der Waals surface area contributed by atoms with Gasteiger partial charge in [-0.1, -0.05) is 22.0 Å². The average Bonchev–Trinajstić information content (AvgIpc) is 3.45. The van der Waals surface area contributed by atoms with Crippen LogP contribution in [0.2, 0.25) is 0 Å². The number of nitrogens with zero attached hydrogens (tertiary/aromatic N) is 3. The second-order valence-corrected chi connectivity index (χ2v) is 10.9. The highest BCUT2D eigenvalue weighted by Crippen LogP contribution is 2.60. The Kier molecular flexibility index (Phi) is 8.22. The second-order valence-electron chi connectivity index (χ2n) is 9.72. The zero-order chi connectivity index (χ0) is 25.3. The van der Waals surface area contributed by atoms with Gasteiger partial charge in [0.15, 0.2) is 0 Å². The molecule has 0 aromatic carbocycles. The minimum atomic E-state index is -1.16. The standard InChI is InChI=1S/C24H36BrN3O7/c1-4-6-27(8-7-26-9-11-33-12-10-26)22(31)20-24-13-16(25)19(35-24)17(23(32)34-5-2)18(24)21(30)28(20)15(3)14-29/h4,15-20,29H,1,5-14H2,2-3H3/t15-,16?,17-,18+,19-,20?,24?/m1/s1. The molecule has 1 N–H and O–H groups in total. The Balaban J connectivity index is 1.66. The van der Waals surface area contributed by atoms with Crippen LogP contribution in [0.1, 0.15) is 20.3 Å². The molecule has 2 bridgehead atoms. The van der Waals surface area contributed by atoms with Gasteiger partial charge in [-0.2, -0.15) is 0 Å². The van der Waals surface area contributed by atoms with E-state index in [-0.39, 0.29) is 29.9 Å². The van der Waals surface area contributed by atoms with E-state index in [0.717, 1.165) is 13.1 Å². The quantitative estimate of drug-likeness (QED) is 0.227. The Hall–Kier alpha value is -1.53. The number of carbonyl (C=O) groups excluding carboxylic acids is 3. The van der Waals surface area contributed by atoms with Crippen LogP contribution in [0.3, 0.4) is 0 Å². The zero-order valence-corrected chi connectivity index (χ0v) is 22.0. The number of likely N-dealkylation sites (tertiary alicyclic amines) is 1. The minimum absolute atomic E-state index is 0.191. The van der Waals surface area contributed by atoms with E-state index in [0.29, 0.717) is 39.3 Å². The first-order chi connectivity index (χ1) is 16.8. The van der Waals surface area contributed by atoms with Crippen LogP contribution < -0.4 is 0 Å². The summed E-state index contributed by atoms with van der Waals surface area (Å²) < 4.78 is 17.2. The molecule has 196 valence electrons. The highest BCUT2D eigenvalue weighted by atomic mass is 79.9. The van der Waals surface area contributed by atoms with Gasteiger partial charge in [-0.3, -0.25) is 19.3 Å². The number of alkyl halides is 1. The Morgan fingerprint density at radius 3 is 2.74 bits per heavy atom. The molecule has 0 aromatic rings. The van der Waals surface area contributed by atoms with E-state index in [4.69, 9.17) is 14.2 Å². The molecule has 10 nitrogen and oxygen atoms in total. The van der Waals surface area contributed by atoms with Crippen LogP contribution in [0.15, 0.2) is 12.7 Å². The summed E-state index contributed by atoms with van der Waals surface area (Å²) in [6, 6.07) is -1.56. The highest BCUT2D eigenvalue weighted by Gasteiger charge is 2.77. The van der Waals surface area contributed by atoms with Crippen LogP contribution in [0.5, 0.6) is 0 Å². The molecule has 0 aromatic heterocycles. The molecule has 4 fully saturated rings. The summed E-state index contributed by atoms with van der Waals surface area (Å²) in [7, 11) is 0. The molecule has 4 rings (SSSR count). The molecule has 3 unspecified atom stereocenters. The van der Waals surface area contributed by atoms with Crippen molar-refractivity contribution in [3.8, 4) is 0 Å². The summed E-state index contributed by atoms with van der Waals surface area (Å²) in [6.07, 6.45) is 1.54. The lowest BCUT2D eigenvalue weighted by atomic mass is 9.70. The maximum atomic E-state index is 14.2. The summed E-state index contributed by atoms with van der Waals surface area (Å²) in [6.45, 7) is 11.5.